The monoisotopic (exact) mass is 383 g/mol. The van der Waals surface area contributed by atoms with Crippen LogP contribution in [0.4, 0.5) is 0 Å². The maximum atomic E-state index is 9.05. The molecule has 0 spiro atoms. The number of hydrogen-bond acceptors (Lipinski definition) is 5. The molecule has 5 atom stereocenters. The second-order valence-corrected chi connectivity index (χ2v) is 6.66. The molecule has 7 nitrogen and oxygen atoms in total. The molecular formula is C21H25N3O4. The van der Waals surface area contributed by atoms with Gasteiger partial charge in [-0.1, -0.05) is 65.8 Å². The molecule has 1 aliphatic heterocycles. The van der Waals surface area contributed by atoms with E-state index in [0.29, 0.717) is 13.2 Å². The van der Waals surface area contributed by atoms with Crippen LogP contribution in [0.25, 0.3) is 10.4 Å². The van der Waals surface area contributed by atoms with Gasteiger partial charge >= 0.3 is 0 Å². The zero-order valence-electron chi connectivity index (χ0n) is 16.0. The van der Waals surface area contributed by atoms with Gasteiger partial charge in [0.1, 0.15) is 18.2 Å². The van der Waals surface area contributed by atoms with E-state index >= 15 is 0 Å². The van der Waals surface area contributed by atoms with Crippen LogP contribution in [-0.2, 0) is 32.2 Å². The summed E-state index contributed by atoms with van der Waals surface area (Å²) < 4.78 is 23.6. The SMILES string of the molecule is CO[C@@H]1O[C@@H](C)C(OCc2ccccc2)C(OCc2ccccc2)C1N=[N+]=[N-]. The van der Waals surface area contributed by atoms with E-state index in [1.165, 1.54) is 7.11 Å². The molecule has 3 rings (SSSR count). The molecule has 148 valence electrons. The van der Waals surface area contributed by atoms with Crippen molar-refractivity contribution in [2.45, 2.75) is 50.8 Å². The summed E-state index contributed by atoms with van der Waals surface area (Å²) >= 11 is 0. The summed E-state index contributed by atoms with van der Waals surface area (Å²) in [4.78, 5) is 2.97. The Labute approximate surface area is 164 Å². The number of azide groups is 1. The quantitative estimate of drug-likeness (QED) is 0.388. The highest BCUT2D eigenvalue weighted by Gasteiger charge is 2.45. The summed E-state index contributed by atoms with van der Waals surface area (Å²) in [7, 11) is 1.52. The molecule has 7 heteroatoms. The lowest BCUT2D eigenvalue weighted by Crippen LogP contribution is -2.58. The standard InChI is InChI=1S/C21H25N3O4/c1-15-19(26-13-16-9-5-3-6-10-16)20(18(23-24-22)21(25-2)28-15)27-14-17-11-7-4-8-12-17/h3-12,15,18-21H,13-14H2,1-2H3/t15-,18?,19?,20?,21+/m0/s1. The second kappa shape index (κ2) is 10.2. The average Bonchev–Trinajstić information content (AvgIpc) is 2.74. The number of ether oxygens (including phenoxy) is 4. The highest BCUT2D eigenvalue weighted by atomic mass is 16.7. The summed E-state index contributed by atoms with van der Waals surface area (Å²) in [5.74, 6) is 0. The van der Waals surface area contributed by atoms with Crippen molar-refractivity contribution >= 4 is 0 Å². The fourth-order valence-electron chi connectivity index (χ4n) is 3.32. The summed E-state index contributed by atoms with van der Waals surface area (Å²) in [6.45, 7) is 2.69. The molecule has 1 aliphatic rings. The summed E-state index contributed by atoms with van der Waals surface area (Å²) in [5.41, 5.74) is 11.1. The van der Waals surface area contributed by atoms with Crippen LogP contribution in [0.2, 0.25) is 0 Å². The maximum absolute atomic E-state index is 9.05. The van der Waals surface area contributed by atoms with Crippen molar-refractivity contribution in [1.29, 1.82) is 0 Å². The Bertz CT molecular complexity index is 768. The third-order valence-corrected chi connectivity index (χ3v) is 4.74. The van der Waals surface area contributed by atoms with Crippen LogP contribution in [0.5, 0.6) is 0 Å². The normalized spacial score (nSPS) is 27.1. The third-order valence-electron chi connectivity index (χ3n) is 4.74. The van der Waals surface area contributed by atoms with E-state index in [9.17, 15) is 0 Å². The van der Waals surface area contributed by atoms with E-state index in [-0.39, 0.29) is 6.10 Å². The highest BCUT2D eigenvalue weighted by molar-refractivity contribution is 5.14. The van der Waals surface area contributed by atoms with Gasteiger partial charge in [0.05, 0.1) is 19.3 Å². The first kappa shape index (κ1) is 20.3. The van der Waals surface area contributed by atoms with Crippen molar-refractivity contribution in [3.63, 3.8) is 0 Å². The molecule has 3 unspecified atom stereocenters. The largest absolute Gasteiger partial charge is 0.370 e. The zero-order chi connectivity index (χ0) is 19.8. The van der Waals surface area contributed by atoms with Crippen molar-refractivity contribution in [2.75, 3.05) is 7.11 Å². The molecule has 0 aliphatic carbocycles. The van der Waals surface area contributed by atoms with E-state index in [1.54, 1.807) is 0 Å². The van der Waals surface area contributed by atoms with Gasteiger partial charge in [0.2, 0.25) is 0 Å². The lowest BCUT2D eigenvalue weighted by atomic mass is 9.97. The highest BCUT2D eigenvalue weighted by Crippen LogP contribution is 2.30. The fourth-order valence-corrected chi connectivity index (χ4v) is 3.32. The minimum absolute atomic E-state index is 0.292. The molecule has 1 saturated heterocycles. The molecule has 0 saturated carbocycles. The minimum Gasteiger partial charge on any atom is -0.370 e. The van der Waals surface area contributed by atoms with Crippen molar-refractivity contribution in [2.24, 2.45) is 5.11 Å². The van der Waals surface area contributed by atoms with Crippen LogP contribution >= 0.6 is 0 Å². The summed E-state index contributed by atoms with van der Waals surface area (Å²) in [6, 6.07) is 19.1. The lowest BCUT2D eigenvalue weighted by Gasteiger charge is -2.43. The molecule has 0 bridgehead atoms. The van der Waals surface area contributed by atoms with E-state index in [0.717, 1.165) is 11.1 Å². The van der Waals surface area contributed by atoms with Crippen LogP contribution in [0.3, 0.4) is 0 Å². The molecule has 0 radical (unpaired) electrons. The van der Waals surface area contributed by atoms with Crippen molar-refractivity contribution in [3.05, 3.63) is 82.2 Å². The predicted octanol–water partition coefficient (Wildman–Crippen LogP) is 4.23. The molecule has 1 fully saturated rings. The smallest absolute Gasteiger partial charge is 0.168 e. The van der Waals surface area contributed by atoms with Crippen LogP contribution < -0.4 is 0 Å². The van der Waals surface area contributed by atoms with Gasteiger partial charge in [-0.05, 0) is 23.6 Å². The van der Waals surface area contributed by atoms with Crippen LogP contribution in [0, 0.1) is 0 Å². The average molecular weight is 383 g/mol. The van der Waals surface area contributed by atoms with Gasteiger partial charge in [0, 0.05) is 12.0 Å². The van der Waals surface area contributed by atoms with Crippen LogP contribution in [0.1, 0.15) is 18.1 Å². The molecule has 0 N–H and O–H groups in total. The van der Waals surface area contributed by atoms with Gasteiger partial charge in [-0.25, -0.2) is 0 Å². The molecule has 2 aromatic rings. The topological polar surface area (TPSA) is 85.7 Å². The Morgan fingerprint density at radius 3 is 1.96 bits per heavy atom. The van der Waals surface area contributed by atoms with Crippen molar-refractivity contribution in [3.8, 4) is 0 Å². The lowest BCUT2D eigenvalue weighted by molar-refractivity contribution is -0.267. The first-order chi connectivity index (χ1) is 13.7. The fraction of sp³-hybridized carbons (Fsp3) is 0.429. The van der Waals surface area contributed by atoms with E-state index in [2.05, 4.69) is 10.0 Å². The number of hydrogen-bond donors (Lipinski definition) is 0. The van der Waals surface area contributed by atoms with Gasteiger partial charge in [-0.15, -0.1) is 0 Å². The molecule has 2 aromatic carbocycles. The molecule has 0 amide bonds. The van der Waals surface area contributed by atoms with Gasteiger partial charge in [-0.2, -0.15) is 0 Å². The Morgan fingerprint density at radius 1 is 0.929 bits per heavy atom. The van der Waals surface area contributed by atoms with Gasteiger partial charge in [-0.3, -0.25) is 0 Å². The number of rotatable bonds is 8. The zero-order valence-corrected chi connectivity index (χ0v) is 16.0. The third kappa shape index (κ3) is 5.10. The van der Waals surface area contributed by atoms with Gasteiger partial charge in [0.25, 0.3) is 0 Å². The molecule has 28 heavy (non-hydrogen) atoms. The van der Waals surface area contributed by atoms with E-state index < -0.39 is 24.5 Å². The minimum atomic E-state index is -0.691. The molecule has 0 aromatic heterocycles. The van der Waals surface area contributed by atoms with E-state index in [1.807, 2.05) is 67.6 Å². The molecular weight excluding hydrogens is 358 g/mol. The number of nitrogens with zero attached hydrogens (tertiary/aromatic N) is 3. The second-order valence-electron chi connectivity index (χ2n) is 6.66. The predicted molar refractivity (Wildman–Crippen MR) is 104 cm³/mol. The van der Waals surface area contributed by atoms with E-state index in [4.69, 9.17) is 24.5 Å². The Kier molecular flexibility index (Phi) is 7.42. The summed E-state index contributed by atoms with van der Waals surface area (Å²) in [5, 5.41) is 3.89. The number of methoxy groups -OCH3 is 1. The van der Waals surface area contributed by atoms with Crippen molar-refractivity contribution < 1.29 is 18.9 Å². The first-order valence-electron chi connectivity index (χ1n) is 9.26. The van der Waals surface area contributed by atoms with Crippen molar-refractivity contribution in [1.82, 2.24) is 0 Å². The Balaban J connectivity index is 1.79. The van der Waals surface area contributed by atoms with Crippen LogP contribution in [-0.4, -0.2) is 37.8 Å². The Morgan fingerprint density at radius 2 is 1.46 bits per heavy atom. The molecule has 1 heterocycles. The van der Waals surface area contributed by atoms with Gasteiger partial charge in [0.15, 0.2) is 6.29 Å². The Hall–Kier alpha value is -2.41. The summed E-state index contributed by atoms with van der Waals surface area (Å²) in [6.07, 6.45) is -1.90. The van der Waals surface area contributed by atoms with Crippen LogP contribution in [0.15, 0.2) is 65.8 Å². The first-order valence-corrected chi connectivity index (χ1v) is 9.26. The maximum Gasteiger partial charge on any atom is 0.168 e. The van der Waals surface area contributed by atoms with Gasteiger partial charge < -0.3 is 18.9 Å². The number of benzene rings is 2.